The average molecular weight is 310 g/mol. The zero-order valence-corrected chi connectivity index (χ0v) is 12.0. The van der Waals surface area contributed by atoms with E-state index < -0.39 is 12.2 Å². The quantitative estimate of drug-likeness (QED) is 0.612. The van der Waals surface area contributed by atoms with E-state index in [9.17, 15) is 9.59 Å². The van der Waals surface area contributed by atoms with Crippen LogP contribution in [-0.2, 0) is 0 Å². The highest BCUT2D eigenvalue weighted by molar-refractivity contribution is 6.07. The minimum absolute atomic E-state index is 0.340. The van der Waals surface area contributed by atoms with Gasteiger partial charge in [0.1, 0.15) is 11.9 Å². The summed E-state index contributed by atoms with van der Waals surface area (Å²) in [6.07, 6.45) is 2.40. The molecule has 8 nitrogen and oxygen atoms in total. The van der Waals surface area contributed by atoms with Crippen molar-refractivity contribution < 1.29 is 9.59 Å². The molecule has 3 amide bonds. The number of carbonyl (C=O) groups excluding carboxylic acids is 2. The molecule has 1 aliphatic rings. The van der Waals surface area contributed by atoms with Gasteiger partial charge in [-0.2, -0.15) is 5.10 Å². The molecule has 0 aliphatic carbocycles. The van der Waals surface area contributed by atoms with Gasteiger partial charge in [0.05, 0.1) is 0 Å². The normalized spacial score (nSPS) is 16.8. The first-order chi connectivity index (χ1) is 11.2. The van der Waals surface area contributed by atoms with Crippen molar-refractivity contribution in [3.05, 3.63) is 66.0 Å². The largest absolute Gasteiger partial charge is 0.336 e. The predicted molar refractivity (Wildman–Crippen MR) is 83.3 cm³/mol. The van der Waals surface area contributed by atoms with E-state index in [-0.39, 0.29) is 5.91 Å². The number of hydrogen-bond donors (Lipinski definition) is 4. The van der Waals surface area contributed by atoms with Crippen LogP contribution in [0.25, 0.3) is 0 Å². The summed E-state index contributed by atoms with van der Waals surface area (Å²) in [4.78, 5) is 27.4. The number of hydrazine groups is 1. The minimum atomic E-state index is -0.656. The number of nitrogens with one attached hydrogen (secondary N) is 4. The van der Waals surface area contributed by atoms with Crippen molar-refractivity contribution in [1.82, 2.24) is 26.6 Å². The molecule has 0 radical (unpaired) electrons. The summed E-state index contributed by atoms with van der Waals surface area (Å²) in [5, 5.41) is 6.70. The number of aromatic nitrogens is 1. The van der Waals surface area contributed by atoms with Gasteiger partial charge in [-0.05, 0) is 12.1 Å². The molecule has 23 heavy (non-hydrogen) atoms. The van der Waals surface area contributed by atoms with E-state index in [4.69, 9.17) is 0 Å². The molecule has 1 aromatic carbocycles. The summed E-state index contributed by atoms with van der Waals surface area (Å²) in [6, 6.07) is 12.0. The van der Waals surface area contributed by atoms with Crippen molar-refractivity contribution in [3.63, 3.8) is 0 Å². The highest BCUT2D eigenvalue weighted by Gasteiger charge is 2.24. The van der Waals surface area contributed by atoms with Gasteiger partial charge in [0.2, 0.25) is 0 Å². The van der Waals surface area contributed by atoms with E-state index in [2.05, 4.69) is 31.7 Å². The monoisotopic (exact) mass is 310 g/mol. The number of hydrazone groups is 1. The molecule has 0 saturated carbocycles. The summed E-state index contributed by atoms with van der Waals surface area (Å²) < 4.78 is 0. The molecule has 4 N–H and O–H groups in total. The van der Waals surface area contributed by atoms with Gasteiger partial charge < -0.3 is 5.32 Å². The molecule has 0 bridgehead atoms. The fourth-order valence-electron chi connectivity index (χ4n) is 2.07. The van der Waals surface area contributed by atoms with Crippen LogP contribution in [0.2, 0.25) is 0 Å². The second-order valence-corrected chi connectivity index (χ2v) is 4.72. The standard InChI is InChI=1S/C15H14N6O2/c22-14(11-6-8-16-9-7-11)20-19-13-12(18-21-15(23)17-13)10-4-2-1-3-5-10/h1-9,13,19H,(H,20,22)(H2,17,21,23). The minimum Gasteiger partial charge on any atom is -0.314 e. The van der Waals surface area contributed by atoms with E-state index in [0.29, 0.717) is 11.3 Å². The third-order valence-electron chi connectivity index (χ3n) is 3.17. The van der Waals surface area contributed by atoms with E-state index in [1.807, 2.05) is 30.3 Å². The summed E-state index contributed by atoms with van der Waals surface area (Å²) in [5.74, 6) is -0.340. The number of rotatable bonds is 4. The number of nitrogens with zero attached hydrogens (tertiary/aromatic N) is 2. The Kier molecular flexibility index (Phi) is 4.25. The molecule has 0 spiro atoms. The van der Waals surface area contributed by atoms with Crippen LogP contribution in [0, 0.1) is 0 Å². The van der Waals surface area contributed by atoms with Gasteiger partial charge in [-0.25, -0.2) is 15.6 Å². The maximum absolute atomic E-state index is 12.0. The van der Waals surface area contributed by atoms with Crippen LogP contribution in [0.4, 0.5) is 4.79 Å². The lowest BCUT2D eigenvalue weighted by Crippen LogP contribution is -2.61. The van der Waals surface area contributed by atoms with Gasteiger partial charge in [0.15, 0.2) is 0 Å². The molecule has 0 saturated heterocycles. The lowest BCUT2D eigenvalue weighted by Gasteiger charge is -2.25. The van der Waals surface area contributed by atoms with Crippen molar-refractivity contribution in [3.8, 4) is 0 Å². The molecule has 1 aliphatic heterocycles. The number of benzene rings is 1. The van der Waals surface area contributed by atoms with Crippen LogP contribution in [0.3, 0.4) is 0 Å². The Morgan fingerprint density at radius 1 is 1.09 bits per heavy atom. The number of hydrogen-bond acceptors (Lipinski definition) is 5. The van der Waals surface area contributed by atoms with E-state index in [0.717, 1.165) is 5.56 Å². The van der Waals surface area contributed by atoms with Gasteiger partial charge in [-0.3, -0.25) is 15.2 Å². The smallest absolute Gasteiger partial charge is 0.314 e. The molecule has 0 fully saturated rings. The second kappa shape index (κ2) is 6.67. The molecule has 1 unspecified atom stereocenters. The highest BCUT2D eigenvalue weighted by atomic mass is 16.2. The summed E-state index contributed by atoms with van der Waals surface area (Å²) >= 11 is 0. The molecule has 1 atom stereocenters. The van der Waals surface area contributed by atoms with Crippen LogP contribution in [0.1, 0.15) is 15.9 Å². The van der Waals surface area contributed by atoms with Gasteiger partial charge in [-0.15, -0.1) is 0 Å². The summed E-state index contributed by atoms with van der Waals surface area (Å²) in [7, 11) is 0. The van der Waals surface area contributed by atoms with Crippen molar-refractivity contribution in [2.75, 3.05) is 0 Å². The van der Waals surface area contributed by atoms with Gasteiger partial charge in [0.25, 0.3) is 5.91 Å². The Labute approximate surface area is 132 Å². The highest BCUT2D eigenvalue weighted by Crippen LogP contribution is 2.05. The van der Waals surface area contributed by atoms with Crippen LogP contribution in [0.15, 0.2) is 60.0 Å². The number of pyridine rings is 1. The second-order valence-electron chi connectivity index (χ2n) is 4.72. The lowest BCUT2D eigenvalue weighted by molar-refractivity contribution is 0.0927. The average Bonchev–Trinajstić information content (AvgIpc) is 2.61. The van der Waals surface area contributed by atoms with Crippen molar-refractivity contribution in [2.45, 2.75) is 6.17 Å². The molecular formula is C15H14N6O2. The molecular weight excluding hydrogens is 296 g/mol. The van der Waals surface area contributed by atoms with Crippen LogP contribution < -0.4 is 21.6 Å². The van der Waals surface area contributed by atoms with Crippen molar-refractivity contribution in [1.29, 1.82) is 0 Å². The van der Waals surface area contributed by atoms with Crippen molar-refractivity contribution in [2.24, 2.45) is 5.10 Å². The third-order valence-corrected chi connectivity index (χ3v) is 3.17. The number of urea groups is 1. The van der Waals surface area contributed by atoms with Gasteiger partial charge >= 0.3 is 6.03 Å². The van der Waals surface area contributed by atoms with E-state index in [1.54, 1.807) is 12.1 Å². The third kappa shape index (κ3) is 3.50. The lowest BCUT2D eigenvalue weighted by atomic mass is 10.1. The number of carbonyl (C=O) groups is 2. The number of amides is 3. The zero-order valence-electron chi connectivity index (χ0n) is 12.0. The molecule has 2 aromatic rings. The fraction of sp³-hybridized carbons (Fsp3) is 0.0667. The Bertz CT molecular complexity index is 732. The summed E-state index contributed by atoms with van der Waals surface area (Å²) in [6.45, 7) is 0. The van der Waals surface area contributed by atoms with Crippen molar-refractivity contribution >= 4 is 17.6 Å². The molecule has 1 aromatic heterocycles. The van der Waals surface area contributed by atoms with Crippen LogP contribution in [0.5, 0.6) is 0 Å². The first-order valence-corrected chi connectivity index (χ1v) is 6.89. The Morgan fingerprint density at radius 2 is 1.83 bits per heavy atom. The maximum atomic E-state index is 12.0. The van der Waals surface area contributed by atoms with Crippen LogP contribution in [-0.4, -0.2) is 28.8 Å². The molecule has 8 heteroatoms. The summed E-state index contributed by atoms with van der Waals surface area (Å²) in [5.41, 5.74) is 9.50. The zero-order chi connectivity index (χ0) is 16.1. The Hall–Kier alpha value is -3.26. The van der Waals surface area contributed by atoms with Gasteiger partial charge in [-0.1, -0.05) is 30.3 Å². The molecule has 3 rings (SSSR count). The molecule has 116 valence electrons. The maximum Gasteiger partial charge on any atom is 0.336 e. The predicted octanol–water partition coefficient (Wildman–Crippen LogP) is 0.359. The first-order valence-electron chi connectivity index (χ1n) is 6.89. The SMILES string of the molecule is O=C1NN=C(c2ccccc2)C(NNC(=O)c2ccncc2)N1. The van der Waals surface area contributed by atoms with E-state index >= 15 is 0 Å². The van der Waals surface area contributed by atoms with Gasteiger partial charge in [0, 0.05) is 23.5 Å². The van der Waals surface area contributed by atoms with Crippen LogP contribution >= 0.6 is 0 Å². The first kappa shape index (κ1) is 14.7. The van der Waals surface area contributed by atoms with E-state index in [1.165, 1.54) is 12.4 Å². The Morgan fingerprint density at radius 3 is 2.57 bits per heavy atom. The Balaban J connectivity index is 1.72. The fourth-order valence-corrected chi connectivity index (χ4v) is 2.07. The topological polar surface area (TPSA) is 108 Å². The molecule has 2 heterocycles.